The highest BCUT2D eigenvalue weighted by Crippen LogP contribution is 2.59. The van der Waals surface area contributed by atoms with Crippen molar-refractivity contribution in [2.45, 2.75) is 71.6 Å². The zero-order valence-electron chi connectivity index (χ0n) is 25.5. The van der Waals surface area contributed by atoms with Gasteiger partial charge in [0, 0.05) is 49.4 Å². The van der Waals surface area contributed by atoms with Gasteiger partial charge in [0.2, 0.25) is 0 Å². The standard InChI is InChI=1S/C32H42N4O5/c1-20-17-26(39-7)23(21-11-15-36(27(20)21)30(38)41-31(2,3)4)19-35-16-14-32(12-13-32)18-25(35)22-9-10-24(29(37)40-8)33-28(22)34(5)6/h9-11,15,17,25H,12-14,16,18-19H2,1-8H3/t25-/m1/s1. The third kappa shape index (κ3) is 5.64. The number of hydrogen-bond donors (Lipinski definition) is 0. The normalized spacial score (nSPS) is 18.4. The van der Waals surface area contributed by atoms with E-state index in [1.165, 1.54) is 20.0 Å². The molecule has 5 rings (SSSR count). The molecular weight excluding hydrogens is 520 g/mol. The fraction of sp³-hybridized carbons (Fsp3) is 0.531. The van der Waals surface area contributed by atoms with Crippen molar-refractivity contribution < 1.29 is 23.8 Å². The van der Waals surface area contributed by atoms with Gasteiger partial charge in [-0.15, -0.1) is 0 Å². The number of aryl methyl sites for hydroxylation is 1. The number of rotatable bonds is 6. The van der Waals surface area contributed by atoms with Crippen molar-refractivity contribution in [1.82, 2.24) is 14.5 Å². The molecule has 0 radical (unpaired) electrons. The Morgan fingerprint density at radius 1 is 1.12 bits per heavy atom. The Hall–Kier alpha value is -3.59. The highest BCUT2D eigenvalue weighted by atomic mass is 16.6. The Morgan fingerprint density at radius 2 is 1.85 bits per heavy atom. The summed E-state index contributed by atoms with van der Waals surface area (Å²) < 4.78 is 18.2. The van der Waals surface area contributed by atoms with Crippen molar-refractivity contribution in [3.63, 3.8) is 0 Å². The molecule has 0 amide bonds. The number of methoxy groups -OCH3 is 2. The van der Waals surface area contributed by atoms with Gasteiger partial charge >= 0.3 is 12.1 Å². The minimum absolute atomic E-state index is 0.108. The molecule has 41 heavy (non-hydrogen) atoms. The van der Waals surface area contributed by atoms with E-state index in [9.17, 15) is 9.59 Å². The van der Waals surface area contributed by atoms with Crippen LogP contribution >= 0.6 is 0 Å². The highest BCUT2D eigenvalue weighted by Gasteiger charge is 2.49. The van der Waals surface area contributed by atoms with E-state index in [2.05, 4.69) is 4.90 Å². The molecule has 2 fully saturated rings. The molecule has 9 heteroatoms. The SMILES string of the molecule is COC(=O)c1ccc([C@H]2CC3(CCN2Cc2c(OC)cc(C)c4c2ccn4C(=O)OC(C)(C)C)CC3)c(N(C)C)n1. The van der Waals surface area contributed by atoms with Gasteiger partial charge in [0.15, 0.2) is 5.69 Å². The second-order valence-electron chi connectivity index (χ2n) is 12.7. The summed E-state index contributed by atoms with van der Waals surface area (Å²) in [5, 5.41) is 0.977. The summed E-state index contributed by atoms with van der Waals surface area (Å²) >= 11 is 0. The zero-order valence-corrected chi connectivity index (χ0v) is 25.5. The molecule has 2 aliphatic rings. The van der Waals surface area contributed by atoms with E-state index < -0.39 is 17.7 Å². The van der Waals surface area contributed by atoms with Crippen LogP contribution in [-0.2, 0) is 16.0 Å². The van der Waals surface area contributed by atoms with E-state index in [1.807, 2.05) is 64.9 Å². The summed E-state index contributed by atoms with van der Waals surface area (Å²) in [6.07, 6.45) is 6.07. The molecule has 1 aliphatic carbocycles. The lowest BCUT2D eigenvalue weighted by atomic mass is 9.84. The van der Waals surface area contributed by atoms with Crippen LogP contribution < -0.4 is 9.64 Å². The molecule has 1 saturated heterocycles. The van der Waals surface area contributed by atoms with Crippen molar-refractivity contribution in [1.29, 1.82) is 0 Å². The fourth-order valence-electron chi connectivity index (χ4n) is 6.18. The number of carbonyl (C=O) groups is 2. The van der Waals surface area contributed by atoms with E-state index in [-0.39, 0.29) is 6.04 Å². The molecule has 1 saturated carbocycles. The van der Waals surface area contributed by atoms with E-state index >= 15 is 0 Å². The molecule has 9 nitrogen and oxygen atoms in total. The van der Waals surface area contributed by atoms with Gasteiger partial charge < -0.3 is 19.1 Å². The molecule has 2 aromatic heterocycles. The zero-order chi connectivity index (χ0) is 29.7. The number of ether oxygens (including phenoxy) is 3. The number of fused-ring (bicyclic) bond motifs is 1. The monoisotopic (exact) mass is 562 g/mol. The lowest BCUT2D eigenvalue weighted by molar-refractivity contribution is 0.0542. The van der Waals surface area contributed by atoms with E-state index in [0.717, 1.165) is 58.5 Å². The first-order valence-electron chi connectivity index (χ1n) is 14.3. The van der Waals surface area contributed by atoms with Crippen LogP contribution in [0.4, 0.5) is 10.6 Å². The van der Waals surface area contributed by atoms with Crippen LogP contribution in [-0.4, -0.2) is 67.0 Å². The molecule has 220 valence electrons. The lowest BCUT2D eigenvalue weighted by Gasteiger charge is -2.41. The van der Waals surface area contributed by atoms with Crippen LogP contribution in [0.3, 0.4) is 0 Å². The molecule has 3 aromatic rings. The van der Waals surface area contributed by atoms with Crippen LogP contribution in [0.25, 0.3) is 10.9 Å². The maximum Gasteiger partial charge on any atom is 0.419 e. The predicted octanol–water partition coefficient (Wildman–Crippen LogP) is 6.11. The fourth-order valence-corrected chi connectivity index (χ4v) is 6.18. The third-order valence-electron chi connectivity index (χ3n) is 8.44. The predicted molar refractivity (Wildman–Crippen MR) is 159 cm³/mol. The molecule has 3 heterocycles. The highest BCUT2D eigenvalue weighted by molar-refractivity contribution is 5.95. The quantitative estimate of drug-likeness (QED) is 0.333. The van der Waals surface area contributed by atoms with Crippen LogP contribution in [0, 0.1) is 12.3 Å². The van der Waals surface area contributed by atoms with E-state index in [0.29, 0.717) is 17.7 Å². The number of likely N-dealkylation sites (tertiary alicyclic amines) is 1. The number of aromatic nitrogens is 2. The Morgan fingerprint density at radius 3 is 2.46 bits per heavy atom. The third-order valence-corrected chi connectivity index (χ3v) is 8.44. The minimum Gasteiger partial charge on any atom is -0.496 e. The number of carbonyl (C=O) groups excluding carboxylic acids is 2. The molecular formula is C32H42N4O5. The van der Waals surface area contributed by atoms with Crippen molar-refractivity contribution >= 4 is 28.8 Å². The van der Waals surface area contributed by atoms with E-state index in [1.54, 1.807) is 23.9 Å². The number of nitrogens with zero attached hydrogens (tertiary/aromatic N) is 4. The Bertz CT molecular complexity index is 1480. The molecule has 0 unspecified atom stereocenters. The van der Waals surface area contributed by atoms with Crippen LogP contribution in [0.15, 0.2) is 30.5 Å². The molecule has 0 N–H and O–H groups in total. The summed E-state index contributed by atoms with van der Waals surface area (Å²) in [5.41, 5.74) is 3.99. The van der Waals surface area contributed by atoms with Crippen molar-refractivity contribution in [3.05, 3.63) is 52.8 Å². The van der Waals surface area contributed by atoms with E-state index in [4.69, 9.17) is 19.2 Å². The second-order valence-corrected chi connectivity index (χ2v) is 12.7. The van der Waals surface area contributed by atoms with Gasteiger partial charge in [0.25, 0.3) is 0 Å². The minimum atomic E-state index is -0.599. The molecule has 1 atom stereocenters. The summed E-state index contributed by atoms with van der Waals surface area (Å²) in [6.45, 7) is 9.18. The maximum atomic E-state index is 13.1. The van der Waals surface area contributed by atoms with Gasteiger partial charge in [-0.2, -0.15) is 0 Å². The molecule has 1 aromatic carbocycles. The van der Waals surface area contributed by atoms with Crippen LogP contribution in [0.2, 0.25) is 0 Å². The Kier molecular flexibility index (Phi) is 7.53. The number of anilines is 1. The lowest BCUT2D eigenvalue weighted by Crippen LogP contribution is -2.38. The Labute approximate surface area is 242 Å². The van der Waals surface area contributed by atoms with Gasteiger partial charge in [-0.3, -0.25) is 9.47 Å². The van der Waals surface area contributed by atoms with Gasteiger partial charge in [-0.05, 0) is 89.1 Å². The first-order valence-corrected chi connectivity index (χ1v) is 14.3. The number of hydrogen-bond acceptors (Lipinski definition) is 8. The number of pyridine rings is 1. The molecule has 0 bridgehead atoms. The summed E-state index contributed by atoms with van der Waals surface area (Å²) in [4.78, 5) is 34.6. The second kappa shape index (κ2) is 10.7. The average molecular weight is 563 g/mol. The maximum absolute atomic E-state index is 13.1. The molecule has 1 spiro atoms. The topological polar surface area (TPSA) is 86.1 Å². The van der Waals surface area contributed by atoms with Gasteiger partial charge in [0.05, 0.1) is 19.7 Å². The first kappa shape index (κ1) is 28.9. The van der Waals surface area contributed by atoms with Gasteiger partial charge in [0.1, 0.15) is 17.2 Å². The Balaban J connectivity index is 1.57. The smallest absolute Gasteiger partial charge is 0.419 e. The number of benzene rings is 1. The summed E-state index contributed by atoms with van der Waals surface area (Å²) in [6, 6.07) is 7.92. The molecule has 1 aliphatic heterocycles. The number of piperidine rings is 1. The van der Waals surface area contributed by atoms with Crippen molar-refractivity contribution in [2.24, 2.45) is 5.41 Å². The van der Waals surface area contributed by atoms with Gasteiger partial charge in [-0.1, -0.05) is 6.07 Å². The van der Waals surface area contributed by atoms with Crippen LogP contribution in [0.5, 0.6) is 5.75 Å². The van der Waals surface area contributed by atoms with Crippen molar-refractivity contribution in [2.75, 3.05) is 39.8 Å². The summed E-state index contributed by atoms with van der Waals surface area (Å²) in [7, 11) is 6.98. The van der Waals surface area contributed by atoms with Crippen LogP contribution in [0.1, 0.15) is 79.7 Å². The summed E-state index contributed by atoms with van der Waals surface area (Å²) in [5.74, 6) is 1.13. The first-order chi connectivity index (χ1) is 19.4. The van der Waals surface area contributed by atoms with Crippen molar-refractivity contribution in [3.8, 4) is 5.75 Å². The average Bonchev–Trinajstić information content (AvgIpc) is 3.51. The largest absolute Gasteiger partial charge is 0.496 e. The number of esters is 1. The van der Waals surface area contributed by atoms with Gasteiger partial charge in [-0.25, -0.2) is 14.6 Å².